The summed E-state index contributed by atoms with van der Waals surface area (Å²) < 4.78 is 20.4. The van der Waals surface area contributed by atoms with Crippen LogP contribution in [0.25, 0.3) is 0 Å². The van der Waals surface area contributed by atoms with Gasteiger partial charge in [-0.2, -0.15) is 0 Å². The summed E-state index contributed by atoms with van der Waals surface area (Å²) in [6, 6.07) is 7.80. The van der Waals surface area contributed by atoms with E-state index in [0.29, 0.717) is 22.4 Å². The number of aliphatic hydroxyl groups excluding tert-OH is 1. The Morgan fingerprint density at radius 3 is 2.36 bits per heavy atom. The number of likely N-dealkylation sites (tertiary alicyclic amines) is 1. The predicted molar refractivity (Wildman–Crippen MR) is 126 cm³/mol. The van der Waals surface area contributed by atoms with E-state index in [0.717, 1.165) is 49.9 Å². The van der Waals surface area contributed by atoms with E-state index in [4.69, 9.17) is 27.9 Å². The fraction of sp³-hybridized carbons (Fsp3) is 0.480. The molecule has 0 bridgehead atoms. The molecule has 2 aromatic rings. The Labute approximate surface area is 203 Å². The first-order valence-corrected chi connectivity index (χ1v) is 11.9. The van der Waals surface area contributed by atoms with E-state index in [1.54, 1.807) is 6.07 Å². The molecule has 1 atom stereocenters. The highest BCUT2D eigenvalue weighted by molar-refractivity contribution is 6.34. The fourth-order valence-electron chi connectivity index (χ4n) is 4.55. The zero-order chi connectivity index (χ0) is 23.8. The Kier molecular flexibility index (Phi) is 7.20. The molecule has 0 spiro atoms. The average molecular weight is 496 g/mol. The van der Waals surface area contributed by atoms with Crippen LogP contribution in [0.4, 0.5) is 4.39 Å². The summed E-state index contributed by atoms with van der Waals surface area (Å²) in [5, 5.41) is 20.4. The molecule has 1 heterocycles. The maximum atomic E-state index is 14.3. The monoisotopic (exact) mass is 495 g/mol. The summed E-state index contributed by atoms with van der Waals surface area (Å²) in [4.78, 5) is 13.5. The number of halogens is 3. The topological polar surface area (TPSA) is 70.0 Å². The third-order valence-electron chi connectivity index (χ3n) is 6.81. The third kappa shape index (κ3) is 5.62. The predicted octanol–water partition coefficient (Wildman–Crippen LogP) is 5.92. The highest BCUT2D eigenvalue weighted by Crippen LogP contribution is 2.46. The number of nitrogens with zero attached hydrogens (tertiary/aromatic N) is 1. The van der Waals surface area contributed by atoms with Crippen molar-refractivity contribution in [3.05, 3.63) is 62.9 Å². The van der Waals surface area contributed by atoms with Crippen molar-refractivity contribution in [1.82, 2.24) is 4.90 Å². The molecule has 33 heavy (non-hydrogen) atoms. The van der Waals surface area contributed by atoms with Crippen molar-refractivity contribution in [2.24, 2.45) is 5.41 Å². The zero-order valence-electron chi connectivity index (χ0n) is 18.5. The van der Waals surface area contributed by atoms with Gasteiger partial charge in [-0.1, -0.05) is 30.1 Å². The van der Waals surface area contributed by atoms with Crippen LogP contribution in [0, 0.1) is 11.2 Å². The molecule has 2 N–H and O–H groups in total. The van der Waals surface area contributed by atoms with Crippen LogP contribution in [0.3, 0.4) is 0 Å². The molecule has 2 fully saturated rings. The second-order valence-corrected chi connectivity index (χ2v) is 10.4. The van der Waals surface area contributed by atoms with Crippen LogP contribution >= 0.6 is 23.2 Å². The van der Waals surface area contributed by atoms with Crippen LogP contribution < -0.4 is 4.74 Å². The first kappa shape index (κ1) is 24.3. The first-order chi connectivity index (χ1) is 15.7. The number of aliphatic hydroxyl groups is 1. The van der Waals surface area contributed by atoms with Gasteiger partial charge in [0, 0.05) is 21.5 Å². The molecule has 2 aliphatic rings. The molecule has 8 heteroatoms. The number of hydrogen-bond donors (Lipinski definition) is 2. The van der Waals surface area contributed by atoms with Gasteiger partial charge in [-0.25, -0.2) is 9.18 Å². The van der Waals surface area contributed by atoms with Crippen molar-refractivity contribution < 1.29 is 24.1 Å². The molecule has 0 aromatic heterocycles. The summed E-state index contributed by atoms with van der Waals surface area (Å²) in [5.41, 5.74) is 1.25. The van der Waals surface area contributed by atoms with Crippen molar-refractivity contribution in [3.8, 4) is 5.75 Å². The fourth-order valence-corrected chi connectivity index (χ4v) is 5.09. The van der Waals surface area contributed by atoms with Crippen LogP contribution in [0.2, 0.25) is 10.0 Å². The van der Waals surface area contributed by atoms with Crippen molar-refractivity contribution in [2.45, 2.75) is 44.6 Å². The van der Waals surface area contributed by atoms with Gasteiger partial charge in [0.2, 0.25) is 0 Å². The van der Waals surface area contributed by atoms with E-state index in [-0.39, 0.29) is 29.5 Å². The van der Waals surface area contributed by atoms with Crippen molar-refractivity contribution >= 4 is 29.2 Å². The van der Waals surface area contributed by atoms with E-state index < -0.39 is 11.8 Å². The summed E-state index contributed by atoms with van der Waals surface area (Å²) in [5.74, 6) is -1.35. The summed E-state index contributed by atoms with van der Waals surface area (Å²) in [6.07, 6.45) is 3.60. The minimum atomic E-state index is -1.26. The van der Waals surface area contributed by atoms with E-state index >= 15 is 0 Å². The van der Waals surface area contributed by atoms with Gasteiger partial charge in [0.15, 0.2) is 0 Å². The van der Waals surface area contributed by atoms with Gasteiger partial charge in [0.1, 0.15) is 11.6 Å². The quantitative estimate of drug-likeness (QED) is 0.475. The number of carbonyl (C=O) groups is 1. The smallest absolute Gasteiger partial charge is 0.338 e. The second kappa shape index (κ2) is 9.79. The lowest BCUT2D eigenvalue weighted by Crippen LogP contribution is -2.44. The van der Waals surface area contributed by atoms with Gasteiger partial charge < -0.3 is 14.9 Å². The van der Waals surface area contributed by atoms with Crippen LogP contribution in [-0.2, 0) is 0 Å². The number of carboxylic acids is 1. The van der Waals surface area contributed by atoms with Gasteiger partial charge in [0.25, 0.3) is 0 Å². The number of benzene rings is 2. The van der Waals surface area contributed by atoms with Crippen molar-refractivity contribution in [2.75, 3.05) is 26.3 Å². The van der Waals surface area contributed by atoms with Crippen molar-refractivity contribution in [1.29, 1.82) is 0 Å². The Morgan fingerprint density at radius 2 is 1.82 bits per heavy atom. The van der Waals surface area contributed by atoms with Crippen molar-refractivity contribution in [3.63, 3.8) is 0 Å². The normalized spacial score (nSPS) is 19.3. The molecule has 5 nitrogen and oxygen atoms in total. The largest absolute Gasteiger partial charge is 0.493 e. The van der Waals surface area contributed by atoms with E-state index in [1.165, 1.54) is 12.1 Å². The molecule has 4 rings (SSSR count). The van der Waals surface area contributed by atoms with Gasteiger partial charge in [-0.05, 0) is 80.1 Å². The van der Waals surface area contributed by atoms with Gasteiger partial charge >= 0.3 is 5.97 Å². The first-order valence-electron chi connectivity index (χ1n) is 11.2. The summed E-state index contributed by atoms with van der Waals surface area (Å²) in [6.45, 7) is 4.05. The third-order valence-corrected chi connectivity index (χ3v) is 7.25. The molecule has 1 saturated carbocycles. The number of piperidine rings is 1. The molecule has 2 aromatic carbocycles. The minimum Gasteiger partial charge on any atom is -0.493 e. The Hall–Kier alpha value is -1.86. The Balaban J connectivity index is 1.42. The Bertz CT molecular complexity index is 1020. The van der Waals surface area contributed by atoms with Crippen LogP contribution in [-0.4, -0.2) is 47.4 Å². The molecular weight excluding hydrogens is 468 g/mol. The molecule has 0 unspecified atom stereocenters. The second-order valence-electron chi connectivity index (χ2n) is 9.49. The molecule has 0 radical (unpaired) electrons. The number of aromatic carboxylic acids is 1. The minimum absolute atomic E-state index is 0.0379. The maximum absolute atomic E-state index is 14.3. The van der Waals surface area contributed by atoms with E-state index in [9.17, 15) is 19.4 Å². The van der Waals surface area contributed by atoms with Gasteiger partial charge in [0.05, 0.1) is 24.8 Å². The van der Waals surface area contributed by atoms with Crippen LogP contribution in [0.1, 0.15) is 66.1 Å². The lowest BCUT2D eigenvalue weighted by atomic mass is 9.80. The molecular formula is C25H28Cl2FNO4. The summed E-state index contributed by atoms with van der Waals surface area (Å²) in [7, 11) is 0. The standard InChI is InChI=1S/C25H28Cl2FNO4/c1-25(14-33-23-12-21(28)20(24(31)32)11-19(23)15-2-3-15)4-6-29(7-5-25)22(13-30)16-8-17(26)10-18(27)9-16/h8-12,15,22,30H,2-7,13-14H2,1H3,(H,31,32)/t22-/m0/s1. The van der Waals surface area contributed by atoms with Gasteiger partial charge in [-0.15, -0.1) is 0 Å². The lowest BCUT2D eigenvalue weighted by Gasteiger charge is -2.42. The molecule has 178 valence electrons. The molecule has 1 aliphatic heterocycles. The molecule has 1 aliphatic carbocycles. The van der Waals surface area contributed by atoms with Gasteiger partial charge in [-0.3, -0.25) is 4.90 Å². The number of carboxylic acid groups (broad SMARTS) is 1. The molecule has 1 saturated heterocycles. The van der Waals surface area contributed by atoms with Crippen LogP contribution in [0.15, 0.2) is 30.3 Å². The number of hydrogen-bond acceptors (Lipinski definition) is 4. The molecule has 0 amide bonds. The van der Waals surface area contributed by atoms with Crippen LogP contribution in [0.5, 0.6) is 5.75 Å². The van der Waals surface area contributed by atoms with E-state index in [2.05, 4.69) is 11.8 Å². The highest BCUT2D eigenvalue weighted by atomic mass is 35.5. The highest BCUT2D eigenvalue weighted by Gasteiger charge is 2.35. The summed E-state index contributed by atoms with van der Waals surface area (Å²) >= 11 is 12.3. The average Bonchev–Trinajstić information content (AvgIpc) is 3.59. The number of rotatable bonds is 8. The maximum Gasteiger partial charge on any atom is 0.338 e. The zero-order valence-corrected chi connectivity index (χ0v) is 20.0. The SMILES string of the molecule is CC1(COc2cc(F)c(C(=O)O)cc2C2CC2)CCN([C@@H](CO)c2cc(Cl)cc(Cl)c2)CC1. The number of ether oxygens (including phenoxy) is 1. The van der Waals surface area contributed by atoms with E-state index in [1.807, 2.05) is 12.1 Å². The Morgan fingerprint density at radius 1 is 1.18 bits per heavy atom. The lowest BCUT2D eigenvalue weighted by molar-refractivity contribution is 0.0305.